The Morgan fingerprint density at radius 2 is 1.59 bits per heavy atom. The maximum absolute atomic E-state index is 12.7. The van der Waals surface area contributed by atoms with Crippen LogP contribution in [0, 0.1) is 0 Å². The predicted molar refractivity (Wildman–Crippen MR) is 80.7 cm³/mol. The Hall–Kier alpha value is -2.30. The number of esters is 1. The zero-order valence-corrected chi connectivity index (χ0v) is 14.2. The van der Waals surface area contributed by atoms with Crippen LogP contribution in [0.15, 0.2) is 24.3 Å². The van der Waals surface area contributed by atoms with Gasteiger partial charge in [0.05, 0.1) is 13.2 Å². The van der Waals surface area contributed by atoms with Gasteiger partial charge in [0.1, 0.15) is 19.7 Å². The molecule has 0 saturated heterocycles. The molecule has 1 aromatic rings. The first-order valence-electron chi connectivity index (χ1n) is 7.66. The van der Waals surface area contributed by atoms with Gasteiger partial charge in [-0.3, -0.25) is 9.59 Å². The first-order chi connectivity index (χ1) is 12.4. The van der Waals surface area contributed by atoms with Crippen LogP contribution in [0.1, 0.15) is 22.8 Å². The fourth-order valence-corrected chi connectivity index (χ4v) is 1.99. The van der Waals surface area contributed by atoms with Crippen molar-refractivity contribution in [3.63, 3.8) is 0 Å². The molecule has 0 aliphatic carbocycles. The summed E-state index contributed by atoms with van der Waals surface area (Å²) in [6.07, 6.45) is -9.21. The van der Waals surface area contributed by atoms with E-state index in [1.807, 2.05) is 0 Å². The SMILES string of the molecule is CCOC(=O)CN(CC(F)(F)F)C(=O)c1ccc(COCC(F)(F)F)cc1. The lowest BCUT2D eigenvalue weighted by Crippen LogP contribution is -2.42. The molecule has 1 amide bonds. The summed E-state index contributed by atoms with van der Waals surface area (Å²) in [6.45, 7) is -2.97. The summed E-state index contributed by atoms with van der Waals surface area (Å²) in [5, 5.41) is 0. The number of benzene rings is 1. The van der Waals surface area contributed by atoms with Crippen LogP contribution < -0.4 is 0 Å². The van der Waals surface area contributed by atoms with E-state index in [-0.39, 0.29) is 23.7 Å². The molecule has 0 atom stereocenters. The molecule has 0 aliphatic rings. The van der Waals surface area contributed by atoms with Gasteiger partial charge in [-0.2, -0.15) is 26.3 Å². The third-order valence-corrected chi connectivity index (χ3v) is 3.02. The van der Waals surface area contributed by atoms with Crippen LogP contribution in [0.3, 0.4) is 0 Å². The standard InChI is InChI=1S/C16H17F6NO4/c1-2-27-13(24)7-23(9-15(17,18)19)14(25)12-5-3-11(4-6-12)8-26-10-16(20,21)22/h3-6H,2,7-10H2,1H3. The minimum Gasteiger partial charge on any atom is -0.465 e. The highest BCUT2D eigenvalue weighted by atomic mass is 19.4. The van der Waals surface area contributed by atoms with Gasteiger partial charge in [-0.05, 0) is 24.6 Å². The Kier molecular flexibility index (Phi) is 8.07. The number of alkyl halides is 6. The molecule has 0 radical (unpaired) electrons. The predicted octanol–water partition coefficient (Wildman–Crippen LogP) is 3.33. The van der Waals surface area contributed by atoms with Gasteiger partial charge in [-0.1, -0.05) is 12.1 Å². The van der Waals surface area contributed by atoms with Crippen molar-refractivity contribution in [1.29, 1.82) is 0 Å². The second-order valence-electron chi connectivity index (χ2n) is 5.39. The van der Waals surface area contributed by atoms with Gasteiger partial charge in [0.15, 0.2) is 0 Å². The van der Waals surface area contributed by atoms with Crippen LogP contribution in [0.25, 0.3) is 0 Å². The van der Waals surface area contributed by atoms with E-state index in [0.29, 0.717) is 5.56 Å². The third kappa shape index (κ3) is 9.27. The van der Waals surface area contributed by atoms with E-state index in [2.05, 4.69) is 9.47 Å². The number of ether oxygens (including phenoxy) is 2. The van der Waals surface area contributed by atoms with Crippen LogP contribution in [0.4, 0.5) is 26.3 Å². The lowest BCUT2D eigenvalue weighted by atomic mass is 10.1. The lowest BCUT2D eigenvalue weighted by molar-refractivity contribution is -0.176. The molecule has 27 heavy (non-hydrogen) atoms. The molecule has 152 valence electrons. The van der Waals surface area contributed by atoms with E-state index < -0.39 is 43.9 Å². The van der Waals surface area contributed by atoms with E-state index in [1.165, 1.54) is 19.1 Å². The Morgan fingerprint density at radius 3 is 2.07 bits per heavy atom. The molecule has 0 aliphatic heterocycles. The molecule has 0 saturated carbocycles. The van der Waals surface area contributed by atoms with Crippen molar-refractivity contribution >= 4 is 11.9 Å². The van der Waals surface area contributed by atoms with Crippen LogP contribution in [-0.4, -0.2) is 55.4 Å². The van der Waals surface area contributed by atoms with Gasteiger partial charge in [-0.15, -0.1) is 0 Å². The third-order valence-electron chi connectivity index (χ3n) is 3.02. The maximum Gasteiger partial charge on any atom is 0.411 e. The molecule has 1 rings (SSSR count). The molecular weight excluding hydrogens is 384 g/mol. The van der Waals surface area contributed by atoms with Crippen LogP contribution in [-0.2, 0) is 20.9 Å². The van der Waals surface area contributed by atoms with E-state index in [0.717, 1.165) is 12.1 Å². The van der Waals surface area contributed by atoms with Crippen molar-refractivity contribution in [2.24, 2.45) is 0 Å². The molecule has 0 heterocycles. The first kappa shape index (κ1) is 22.7. The van der Waals surface area contributed by atoms with Gasteiger partial charge in [0, 0.05) is 5.56 Å². The number of carbonyl (C=O) groups excluding carboxylic acids is 2. The minimum absolute atomic E-state index is 0.0560. The van der Waals surface area contributed by atoms with E-state index in [9.17, 15) is 35.9 Å². The summed E-state index contributed by atoms with van der Waals surface area (Å²) in [5.74, 6) is -2.06. The van der Waals surface area contributed by atoms with Crippen LogP contribution >= 0.6 is 0 Å². The number of amides is 1. The Bertz CT molecular complexity index is 627. The van der Waals surface area contributed by atoms with Crippen molar-refractivity contribution in [1.82, 2.24) is 4.90 Å². The fraction of sp³-hybridized carbons (Fsp3) is 0.500. The Morgan fingerprint density at radius 1 is 1.00 bits per heavy atom. The normalized spacial score (nSPS) is 12.0. The van der Waals surface area contributed by atoms with Gasteiger partial charge >= 0.3 is 18.3 Å². The highest BCUT2D eigenvalue weighted by molar-refractivity contribution is 5.96. The lowest BCUT2D eigenvalue weighted by Gasteiger charge is -2.23. The molecule has 1 aromatic carbocycles. The topological polar surface area (TPSA) is 55.8 Å². The van der Waals surface area contributed by atoms with Gasteiger partial charge in [0.25, 0.3) is 5.91 Å². The summed E-state index contributed by atoms with van der Waals surface area (Å²) in [7, 11) is 0. The fourth-order valence-electron chi connectivity index (χ4n) is 1.99. The van der Waals surface area contributed by atoms with E-state index >= 15 is 0 Å². The smallest absolute Gasteiger partial charge is 0.411 e. The average molecular weight is 401 g/mol. The van der Waals surface area contributed by atoms with E-state index in [1.54, 1.807) is 0 Å². The number of hydrogen-bond acceptors (Lipinski definition) is 4. The Labute approximate surface area is 150 Å². The van der Waals surface area contributed by atoms with E-state index in [4.69, 9.17) is 0 Å². The number of nitrogens with zero attached hydrogens (tertiary/aromatic N) is 1. The summed E-state index contributed by atoms with van der Waals surface area (Å²) >= 11 is 0. The molecular formula is C16H17F6NO4. The Balaban J connectivity index is 2.80. The van der Waals surface area contributed by atoms with Gasteiger partial charge in [0.2, 0.25) is 0 Å². The zero-order chi connectivity index (χ0) is 20.7. The second kappa shape index (κ2) is 9.58. The summed E-state index contributed by atoms with van der Waals surface area (Å²) < 4.78 is 83.0. The number of hydrogen-bond donors (Lipinski definition) is 0. The molecule has 11 heteroatoms. The van der Waals surface area contributed by atoms with Crippen molar-refractivity contribution in [3.05, 3.63) is 35.4 Å². The largest absolute Gasteiger partial charge is 0.465 e. The van der Waals surface area contributed by atoms with Gasteiger partial charge in [-0.25, -0.2) is 0 Å². The van der Waals surface area contributed by atoms with Crippen molar-refractivity contribution < 1.29 is 45.4 Å². The summed E-state index contributed by atoms with van der Waals surface area (Å²) in [4.78, 5) is 24.0. The quantitative estimate of drug-likeness (QED) is 0.495. The number of halogens is 6. The molecule has 0 aromatic heterocycles. The molecule has 0 unspecified atom stereocenters. The summed E-state index contributed by atoms with van der Waals surface area (Å²) in [6, 6.07) is 4.78. The molecule has 0 bridgehead atoms. The van der Waals surface area contributed by atoms with Crippen molar-refractivity contribution in [2.45, 2.75) is 25.9 Å². The highest BCUT2D eigenvalue weighted by Gasteiger charge is 2.34. The maximum atomic E-state index is 12.7. The number of carbonyl (C=O) groups is 2. The average Bonchev–Trinajstić information content (AvgIpc) is 2.52. The minimum atomic E-state index is -4.73. The zero-order valence-electron chi connectivity index (χ0n) is 14.2. The highest BCUT2D eigenvalue weighted by Crippen LogP contribution is 2.19. The van der Waals surface area contributed by atoms with Crippen LogP contribution in [0.5, 0.6) is 0 Å². The monoisotopic (exact) mass is 401 g/mol. The first-order valence-corrected chi connectivity index (χ1v) is 7.66. The second-order valence-corrected chi connectivity index (χ2v) is 5.39. The molecule has 0 fully saturated rings. The summed E-state index contributed by atoms with van der Waals surface area (Å²) in [5.41, 5.74) is 0.131. The number of rotatable bonds is 8. The van der Waals surface area contributed by atoms with Crippen molar-refractivity contribution in [2.75, 3.05) is 26.3 Å². The van der Waals surface area contributed by atoms with Crippen molar-refractivity contribution in [3.8, 4) is 0 Å². The molecule has 0 spiro atoms. The molecule has 5 nitrogen and oxygen atoms in total. The van der Waals surface area contributed by atoms with Crippen LogP contribution in [0.2, 0.25) is 0 Å². The molecule has 0 N–H and O–H groups in total. The van der Waals surface area contributed by atoms with Gasteiger partial charge < -0.3 is 14.4 Å².